The van der Waals surface area contributed by atoms with E-state index < -0.39 is 0 Å². The van der Waals surface area contributed by atoms with Gasteiger partial charge < -0.3 is 4.90 Å². The Kier molecular flexibility index (Phi) is 4.84. The van der Waals surface area contributed by atoms with Crippen molar-refractivity contribution in [2.75, 3.05) is 13.1 Å². The summed E-state index contributed by atoms with van der Waals surface area (Å²) in [6, 6.07) is 0.660. The first-order chi connectivity index (χ1) is 10.6. The van der Waals surface area contributed by atoms with Crippen LogP contribution in [0.25, 0.3) is 10.6 Å². The highest BCUT2D eigenvalue weighted by Gasteiger charge is 2.23. The molecule has 0 spiro atoms. The Hall–Kier alpha value is -1.33. The van der Waals surface area contributed by atoms with E-state index in [4.69, 9.17) is 0 Å². The SMILES string of the molecule is Cc1ncc(-c2nccnc2CC2CCN(C(C)C)CC2)s1. The Morgan fingerprint density at radius 2 is 1.91 bits per heavy atom. The van der Waals surface area contributed by atoms with Crippen LogP contribution in [0.3, 0.4) is 0 Å². The third-order valence-electron chi connectivity index (χ3n) is 4.49. The minimum absolute atomic E-state index is 0.660. The zero-order valence-corrected chi connectivity index (χ0v) is 14.4. The number of hydrogen-bond donors (Lipinski definition) is 0. The van der Waals surface area contributed by atoms with Crippen LogP contribution < -0.4 is 0 Å². The summed E-state index contributed by atoms with van der Waals surface area (Å²) < 4.78 is 0. The molecule has 0 atom stereocenters. The van der Waals surface area contributed by atoms with Crippen LogP contribution in [0.15, 0.2) is 18.6 Å². The van der Waals surface area contributed by atoms with Crippen LogP contribution in [0.4, 0.5) is 0 Å². The highest BCUT2D eigenvalue weighted by atomic mass is 32.1. The van der Waals surface area contributed by atoms with Crippen molar-refractivity contribution in [3.05, 3.63) is 29.3 Å². The second-order valence-corrected chi connectivity index (χ2v) is 7.61. The molecule has 4 nitrogen and oxygen atoms in total. The number of thiazole rings is 1. The molecule has 118 valence electrons. The average molecular weight is 316 g/mol. The smallest absolute Gasteiger partial charge is 0.103 e. The van der Waals surface area contributed by atoms with Crippen LogP contribution in [0.2, 0.25) is 0 Å². The average Bonchev–Trinajstić information content (AvgIpc) is 2.95. The Bertz CT molecular complexity index is 615. The Labute approximate surface area is 136 Å². The second-order valence-electron chi connectivity index (χ2n) is 6.37. The fourth-order valence-electron chi connectivity index (χ4n) is 3.14. The lowest BCUT2D eigenvalue weighted by atomic mass is 9.91. The summed E-state index contributed by atoms with van der Waals surface area (Å²) in [7, 11) is 0. The second kappa shape index (κ2) is 6.84. The number of aryl methyl sites for hydroxylation is 1. The molecule has 0 unspecified atom stereocenters. The van der Waals surface area contributed by atoms with Gasteiger partial charge in [-0.2, -0.15) is 0 Å². The molecule has 1 aliphatic rings. The Morgan fingerprint density at radius 1 is 1.18 bits per heavy atom. The number of hydrogen-bond acceptors (Lipinski definition) is 5. The van der Waals surface area contributed by atoms with E-state index in [9.17, 15) is 0 Å². The van der Waals surface area contributed by atoms with Crippen LogP contribution in [-0.4, -0.2) is 39.0 Å². The van der Waals surface area contributed by atoms with Crippen molar-refractivity contribution in [2.24, 2.45) is 5.92 Å². The summed E-state index contributed by atoms with van der Waals surface area (Å²) in [5, 5.41) is 1.08. The van der Waals surface area contributed by atoms with Crippen molar-refractivity contribution >= 4 is 11.3 Å². The number of piperidine rings is 1. The summed E-state index contributed by atoms with van der Waals surface area (Å²) in [6.45, 7) is 9.02. The van der Waals surface area contributed by atoms with Gasteiger partial charge in [-0.15, -0.1) is 11.3 Å². The highest BCUT2D eigenvalue weighted by Crippen LogP contribution is 2.29. The maximum atomic E-state index is 4.62. The standard InChI is InChI=1S/C17H24N4S/c1-12(2)21-8-4-14(5-9-21)10-15-17(19-7-6-18-15)16-11-20-13(3)22-16/h6-7,11-12,14H,4-5,8-10H2,1-3H3. The minimum atomic E-state index is 0.660. The summed E-state index contributed by atoms with van der Waals surface area (Å²) in [5.74, 6) is 0.722. The molecule has 3 rings (SSSR count). The number of aromatic nitrogens is 3. The molecule has 3 heterocycles. The maximum Gasteiger partial charge on any atom is 0.103 e. The summed E-state index contributed by atoms with van der Waals surface area (Å²) in [4.78, 5) is 17.2. The van der Waals surface area contributed by atoms with E-state index in [2.05, 4.69) is 33.7 Å². The summed E-state index contributed by atoms with van der Waals surface area (Å²) in [6.07, 6.45) is 9.08. The third-order valence-corrected chi connectivity index (χ3v) is 5.41. The molecule has 0 bridgehead atoms. The molecule has 1 aliphatic heterocycles. The molecule has 5 heteroatoms. The molecular weight excluding hydrogens is 292 g/mol. The first-order valence-electron chi connectivity index (χ1n) is 8.10. The maximum absolute atomic E-state index is 4.62. The van der Waals surface area contributed by atoms with Crippen molar-refractivity contribution in [3.8, 4) is 10.6 Å². The molecule has 2 aromatic rings. The van der Waals surface area contributed by atoms with Crippen molar-refractivity contribution in [3.63, 3.8) is 0 Å². The van der Waals surface area contributed by atoms with Crippen molar-refractivity contribution in [2.45, 2.75) is 46.1 Å². The molecular formula is C17H24N4S. The van der Waals surface area contributed by atoms with Gasteiger partial charge in [0.15, 0.2) is 0 Å². The quantitative estimate of drug-likeness (QED) is 0.865. The predicted octanol–water partition coefficient (Wildman–Crippen LogP) is 3.57. The van der Waals surface area contributed by atoms with E-state index in [0.29, 0.717) is 6.04 Å². The van der Waals surface area contributed by atoms with Crippen LogP contribution in [0.5, 0.6) is 0 Å². The Balaban J connectivity index is 1.71. The van der Waals surface area contributed by atoms with Gasteiger partial charge in [0.05, 0.1) is 15.6 Å². The summed E-state index contributed by atoms with van der Waals surface area (Å²) >= 11 is 1.70. The lowest BCUT2D eigenvalue weighted by molar-refractivity contribution is 0.149. The minimum Gasteiger partial charge on any atom is -0.301 e. The fourth-order valence-corrected chi connectivity index (χ4v) is 3.94. The van der Waals surface area contributed by atoms with Crippen LogP contribution in [-0.2, 0) is 6.42 Å². The largest absolute Gasteiger partial charge is 0.301 e. The van der Waals surface area contributed by atoms with Gasteiger partial charge in [-0.3, -0.25) is 9.97 Å². The Morgan fingerprint density at radius 3 is 2.55 bits per heavy atom. The molecule has 1 saturated heterocycles. The third kappa shape index (κ3) is 3.52. The highest BCUT2D eigenvalue weighted by molar-refractivity contribution is 7.15. The molecule has 0 N–H and O–H groups in total. The van der Waals surface area contributed by atoms with Crippen molar-refractivity contribution in [1.82, 2.24) is 19.9 Å². The molecule has 0 amide bonds. The van der Waals surface area contributed by atoms with Gasteiger partial charge in [0.2, 0.25) is 0 Å². The van der Waals surface area contributed by atoms with E-state index >= 15 is 0 Å². The lowest BCUT2D eigenvalue weighted by Gasteiger charge is -2.34. The van der Waals surface area contributed by atoms with Crippen LogP contribution in [0.1, 0.15) is 37.4 Å². The van der Waals surface area contributed by atoms with Gasteiger partial charge in [-0.25, -0.2) is 4.98 Å². The molecule has 0 radical (unpaired) electrons. The summed E-state index contributed by atoms with van der Waals surface area (Å²) in [5.41, 5.74) is 2.16. The molecule has 0 saturated carbocycles. The van der Waals surface area contributed by atoms with Gasteiger partial charge in [0.1, 0.15) is 5.69 Å². The normalized spacial score (nSPS) is 17.3. The first-order valence-corrected chi connectivity index (χ1v) is 8.92. The van der Waals surface area contributed by atoms with Crippen LogP contribution >= 0.6 is 11.3 Å². The van der Waals surface area contributed by atoms with E-state index in [1.54, 1.807) is 17.5 Å². The monoisotopic (exact) mass is 316 g/mol. The topological polar surface area (TPSA) is 41.9 Å². The van der Waals surface area contributed by atoms with Gasteiger partial charge in [0, 0.05) is 24.6 Å². The van der Waals surface area contributed by atoms with E-state index in [1.807, 2.05) is 19.3 Å². The van der Waals surface area contributed by atoms with Crippen molar-refractivity contribution < 1.29 is 0 Å². The van der Waals surface area contributed by atoms with Gasteiger partial charge >= 0.3 is 0 Å². The molecule has 22 heavy (non-hydrogen) atoms. The number of nitrogens with zero attached hydrogens (tertiary/aromatic N) is 4. The first kappa shape index (κ1) is 15.6. The number of rotatable bonds is 4. The van der Waals surface area contributed by atoms with Crippen molar-refractivity contribution in [1.29, 1.82) is 0 Å². The van der Waals surface area contributed by atoms with E-state index in [-0.39, 0.29) is 0 Å². The zero-order valence-electron chi connectivity index (χ0n) is 13.6. The predicted molar refractivity (Wildman–Crippen MR) is 91.0 cm³/mol. The van der Waals surface area contributed by atoms with Gasteiger partial charge in [0.25, 0.3) is 0 Å². The lowest BCUT2D eigenvalue weighted by Crippen LogP contribution is -2.38. The molecule has 1 fully saturated rings. The zero-order chi connectivity index (χ0) is 15.5. The number of likely N-dealkylation sites (tertiary alicyclic amines) is 1. The van der Waals surface area contributed by atoms with Gasteiger partial charge in [-0.1, -0.05) is 0 Å². The van der Waals surface area contributed by atoms with Crippen LogP contribution in [0, 0.1) is 12.8 Å². The molecule has 2 aromatic heterocycles. The van der Waals surface area contributed by atoms with E-state index in [1.165, 1.54) is 25.9 Å². The van der Waals surface area contributed by atoms with E-state index in [0.717, 1.165) is 33.6 Å². The molecule has 0 aliphatic carbocycles. The fraction of sp³-hybridized carbons (Fsp3) is 0.588. The van der Waals surface area contributed by atoms with Gasteiger partial charge in [-0.05, 0) is 59.0 Å². The molecule has 0 aromatic carbocycles.